The highest BCUT2D eigenvalue weighted by molar-refractivity contribution is 6.33. The van der Waals surface area contributed by atoms with E-state index in [1.807, 2.05) is 30.3 Å². The number of rotatable bonds is 2. The van der Waals surface area contributed by atoms with Gasteiger partial charge in [-0.15, -0.1) is 0 Å². The number of furan rings is 1. The molecule has 5 heteroatoms. The number of hydrogen-bond donors (Lipinski definition) is 1. The van der Waals surface area contributed by atoms with E-state index in [0.29, 0.717) is 40.5 Å². The number of fused-ring (bicyclic) bond motifs is 5. The molecule has 4 heterocycles. The van der Waals surface area contributed by atoms with Crippen molar-refractivity contribution in [1.29, 1.82) is 0 Å². The summed E-state index contributed by atoms with van der Waals surface area (Å²) in [6.07, 6.45) is 2.24. The van der Waals surface area contributed by atoms with E-state index in [1.54, 1.807) is 6.07 Å². The van der Waals surface area contributed by atoms with Crippen LogP contribution in [0.2, 0.25) is 5.02 Å². The van der Waals surface area contributed by atoms with Gasteiger partial charge in [0.15, 0.2) is 5.76 Å². The Kier molecular flexibility index (Phi) is 3.25. The third-order valence-electron chi connectivity index (χ3n) is 5.96. The molecule has 24 heavy (non-hydrogen) atoms. The van der Waals surface area contributed by atoms with Crippen molar-refractivity contribution in [3.8, 4) is 11.3 Å². The van der Waals surface area contributed by atoms with Crippen LogP contribution in [0.5, 0.6) is 0 Å². The number of halogens is 1. The van der Waals surface area contributed by atoms with Gasteiger partial charge < -0.3 is 14.6 Å². The number of benzene rings is 1. The Morgan fingerprint density at radius 2 is 1.79 bits per heavy atom. The zero-order valence-electron chi connectivity index (χ0n) is 13.2. The summed E-state index contributed by atoms with van der Waals surface area (Å²) in [4.78, 5) is 15.1. The van der Waals surface area contributed by atoms with Gasteiger partial charge in [-0.1, -0.05) is 23.7 Å². The van der Waals surface area contributed by atoms with Gasteiger partial charge in [-0.2, -0.15) is 0 Å². The molecular formula is C19H19ClN2O2. The standard InChI is InChI=1S/C19H19ClN2O2/c20-14-4-2-1-3-11(14)17-7-8-18(24-17)19(23)22-15-5-6-16(22)13-10-21-9-12(13)15/h1-4,7-8,12-13,15-16,21H,5-6,9-10H2/t12-,13+,15-,16+. The smallest absolute Gasteiger partial charge is 0.290 e. The van der Waals surface area contributed by atoms with Gasteiger partial charge in [0.1, 0.15) is 5.76 Å². The van der Waals surface area contributed by atoms with Crippen molar-refractivity contribution in [2.24, 2.45) is 11.8 Å². The van der Waals surface area contributed by atoms with Crippen LogP contribution in [0.4, 0.5) is 0 Å². The van der Waals surface area contributed by atoms with E-state index in [2.05, 4.69) is 10.2 Å². The summed E-state index contributed by atoms with van der Waals surface area (Å²) in [7, 11) is 0. The van der Waals surface area contributed by atoms with Crippen LogP contribution < -0.4 is 5.32 Å². The van der Waals surface area contributed by atoms with E-state index >= 15 is 0 Å². The Hall–Kier alpha value is -1.78. The first-order valence-corrected chi connectivity index (χ1v) is 9.00. The predicted molar refractivity (Wildman–Crippen MR) is 92.0 cm³/mol. The van der Waals surface area contributed by atoms with Crippen LogP contribution in [0.1, 0.15) is 23.4 Å². The van der Waals surface area contributed by atoms with Gasteiger partial charge in [-0.05, 0) is 48.9 Å². The number of carbonyl (C=O) groups is 1. The van der Waals surface area contributed by atoms with Crippen LogP contribution in [-0.4, -0.2) is 36.0 Å². The maximum absolute atomic E-state index is 13.0. The van der Waals surface area contributed by atoms with E-state index in [-0.39, 0.29) is 5.91 Å². The van der Waals surface area contributed by atoms with E-state index in [9.17, 15) is 4.79 Å². The molecule has 3 fully saturated rings. The highest BCUT2D eigenvalue weighted by atomic mass is 35.5. The largest absolute Gasteiger partial charge is 0.451 e. The zero-order valence-corrected chi connectivity index (χ0v) is 14.0. The highest BCUT2D eigenvalue weighted by Gasteiger charge is 2.56. The molecule has 3 saturated heterocycles. The van der Waals surface area contributed by atoms with Gasteiger partial charge in [0.05, 0.1) is 5.02 Å². The molecule has 0 unspecified atom stereocenters. The number of amides is 1. The molecule has 4 atom stereocenters. The number of nitrogens with zero attached hydrogens (tertiary/aromatic N) is 1. The fraction of sp³-hybridized carbons (Fsp3) is 0.421. The molecule has 1 N–H and O–H groups in total. The Balaban J connectivity index is 1.44. The van der Waals surface area contributed by atoms with Crippen molar-refractivity contribution in [1.82, 2.24) is 10.2 Å². The van der Waals surface area contributed by atoms with Gasteiger partial charge in [0.2, 0.25) is 0 Å². The Labute approximate surface area is 145 Å². The summed E-state index contributed by atoms with van der Waals surface area (Å²) >= 11 is 6.23. The number of carbonyl (C=O) groups excluding carboxylic acids is 1. The van der Waals surface area contributed by atoms with Gasteiger partial charge in [-0.25, -0.2) is 0 Å². The summed E-state index contributed by atoms with van der Waals surface area (Å²) < 4.78 is 5.88. The van der Waals surface area contributed by atoms with Crippen molar-refractivity contribution < 1.29 is 9.21 Å². The second kappa shape index (κ2) is 5.36. The average molecular weight is 343 g/mol. The molecule has 3 aliphatic heterocycles. The quantitative estimate of drug-likeness (QED) is 0.909. The maximum atomic E-state index is 13.0. The molecular weight excluding hydrogens is 324 g/mol. The molecule has 1 aromatic carbocycles. The van der Waals surface area contributed by atoms with Crippen LogP contribution in [-0.2, 0) is 0 Å². The normalized spacial score (nSPS) is 30.8. The van der Waals surface area contributed by atoms with Gasteiger partial charge in [-0.3, -0.25) is 4.79 Å². The summed E-state index contributed by atoms with van der Waals surface area (Å²) in [6.45, 7) is 2.08. The third-order valence-corrected chi connectivity index (χ3v) is 6.29. The van der Waals surface area contributed by atoms with Gasteiger partial charge in [0, 0.05) is 30.7 Å². The van der Waals surface area contributed by atoms with E-state index in [4.69, 9.17) is 16.0 Å². The fourth-order valence-electron chi connectivity index (χ4n) is 4.96. The van der Waals surface area contributed by atoms with Crippen LogP contribution >= 0.6 is 11.6 Å². The van der Waals surface area contributed by atoms with E-state index in [0.717, 1.165) is 31.5 Å². The minimum absolute atomic E-state index is 0.0372. The van der Waals surface area contributed by atoms with Crippen molar-refractivity contribution in [3.63, 3.8) is 0 Å². The molecule has 1 amide bonds. The molecule has 4 nitrogen and oxygen atoms in total. The lowest BCUT2D eigenvalue weighted by molar-refractivity contribution is 0.0678. The van der Waals surface area contributed by atoms with Gasteiger partial charge in [0.25, 0.3) is 5.91 Å². The zero-order chi connectivity index (χ0) is 16.3. The molecule has 3 aliphatic rings. The summed E-state index contributed by atoms with van der Waals surface area (Å²) in [5.74, 6) is 2.35. The molecule has 0 spiro atoms. The Bertz CT molecular complexity index is 784. The van der Waals surface area contributed by atoms with Gasteiger partial charge >= 0.3 is 0 Å². The third kappa shape index (κ3) is 1.99. The van der Waals surface area contributed by atoms with Crippen molar-refractivity contribution in [2.45, 2.75) is 24.9 Å². The van der Waals surface area contributed by atoms with Crippen LogP contribution in [0, 0.1) is 11.8 Å². The topological polar surface area (TPSA) is 45.5 Å². The van der Waals surface area contributed by atoms with Crippen molar-refractivity contribution in [3.05, 3.63) is 47.2 Å². The lowest BCUT2D eigenvalue weighted by Gasteiger charge is -2.23. The molecule has 2 bridgehead atoms. The second-order valence-corrected chi connectivity index (χ2v) is 7.46. The lowest BCUT2D eigenvalue weighted by Crippen LogP contribution is -2.39. The first-order chi connectivity index (χ1) is 11.7. The summed E-state index contributed by atoms with van der Waals surface area (Å²) in [6, 6.07) is 11.9. The summed E-state index contributed by atoms with van der Waals surface area (Å²) in [5.41, 5.74) is 0.823. The first-order valence-electron chi connectivity index (χ1n) is 8.62. The van der Waals surface area contributed by atoms with Crippen LogP contribution in [0.15, 0.2) is 40.8 Å². The van der Waals surface area contributed by atoms with Crippen molar-refractivity contribution in [2.75, 3.05) is 13.1 Å². The summed E-state index contributed by atoms with van der Waals surface area (Å²) in [5, 5.41) is 4.11. The highest BCUT2D eigenvalue weighted by Crippen LogP contribution is 2.48. The second-order valence-electron chi connectivity index (χ2n) is 7.05. The lowest BCUT2D eigenvalue weighted by atomic mass is 9.82. The van der Waals surface area contributed by atoms with Crippen LogP contribution in [0.3, 0.4) is 0 Å². The minimum Gasteiger partial charge on any atom is -0.451 e. The molecule has 124 valence electrons. The van der Waals surface area contributed by atoms with Crippen LogP contribution in [0.25, 0.3) is 11.3 Å². The molecule has 0 radical (unpaired) electrons. The maximum Gasteiger partial charge on any atom is 0.290 e. The number of nitrogens with one attached hydrogen (secondary N) is 1. The predicted octanol–water partition coefficient (Wildman–Crippen LogP) is 3.42. The molecule has 2 aromatic rings. The monoisotopic (exact) mass is 342 g/mol. The first kappa shape index (κ1) is 14.6. The number of hydrogen-bond acceptors (Lipinski definition) is 3. The molecule has 0 saturated carbocycles. The molecule has 0 aliphatic carbocycles. The fourth-order valence-corrected chi connectivity index (χ4v) is 5.18. The van der Waals surface area contributed by atoms with E-state index < -0.39 is 0 Å². The Morgan fingerprint density at radius 1 is 1.08 bits per heavy atom. The van der Waals surface area contributed by atoms with Crippen molar-refractivity contribution >= 4 is 17.5 Å². The van der Waals surface area contributed by atoms with E-state index in [1.165, 1.54) is 0 Å². The molecule has 1 aromatic heterocycles. The SMILES string of the molecule is O=C(c1ccc(-c2ccccc2Cl)o1)N1[C@@H]2CC[C@H]1[C@H]1CNC[C@H]12. The minimum atomic E-state index is 0.0372. The Morgan fingerprint density at radius 3 is 2.50 bits per heavy atom. The molecule has 5 rings (SSSR count). The average Bonchev–Trinajstić information content (AvgIpc) is 3.35.